The molecule has 2 amide bonds. The fraction of sp³-hybridized carbons (Fsp3) is 0.158. The van der Waals surface area contributed by atoms with Crippen molar-refractivity contribution >= 4 is 40.6 Å². The van der Waals surface area contributed by atoms with Crippen molar-refractivity contribution in [2.24, 2.45) is 0 Å². The zero-order chi connectivity index (χ0) is 19.1. The highest BCUT2D eigenvalue weighted by Crippen LogP contribution is 2.23. The van der Waals surface area contributed by atoms with Crippen molar-refractivity contribution in [3.05, 3.63) is 71.2 Å². The second-order valence-corrected chi connectivity index (χ2v) is 7.88. The van der Waals surface area contributed by atoms with Gasteiger partial charge in [0.15, 0.2) is 4.34 Å². The lowest BCUT2D eigenvalue weighted by atomic mass is 10.1. The molecule has 0 saturated heterocycles. The van der Waals surface area contributed by atoms with Crippen molar-refractivity contribution in [3.63, 3.8) is 0 Å². The van der Waals surface area contributed by atoms with Gasteiger partial charge in [0.1, 0.15) is 0 Å². The molecule has 6 nitrogen and oxygen atoms in total. The average molecular weight is 399 g/mol. The van der Waals surface area contributed by atoms with E-state index < -0.39 is 0 Å². The largest absolute Gasteiger partial charge is 0.349 e. The third-order valence-electron chi connectivity index (χ3n) is 3.64. The van der Waals surface area contributed by atoms with E-state index in [-0.39, 0.29) is 28.6 Å². The minimum Gasteiger partial charge on any atom is -0.349 e. The molecule has 138 valence electrons. The molecular formula is C19H18N4O2S2. The highest BCUT2D eigenvalue weighted by atomic mass is 32.2. The quantitative estimate of drug-likeness (QED) is 0.592. The van der Waals surface area contributed by atoms with Crippen LogP contribution in [0.3, 0.4) is 0 Å². The number of aromatic nitrogens is 2. The molecule has 0 spiro atoms. The maximum absolute atomic E-state index is 12.2. The van der Waals surface area contributed by atoms with Crippen molar-refractivity contribution in [1.29, 1.82) is 0 Å². The number of para-hydroxylation sites is 1. The standard InChI is InChI=1S/C19H18N4O2S2/c1-13(14-8-4-2-5-9-14)20-16(24)12-26-19-23-22-18(27-19)17(25)21-15-10-6-3-7-11-15/h2-11,13H,12H2,1H3,(H,20,24)(H,21,25)/t13-/m0/s1. The van der Waals surface area contributed by atoms with Gasteiger partial charge in [0.25, 0.3) is 5.91 Å². The van der Waals surface area contributed by atoms with Crippen LogP contribution in [0.4, 0.5) is 5.69 Å². The predicted molar refractivity (Wildman–Crippen MR) is 108 cm³/mol. The Labute approximate surface area is 165 Å². The summed E-state index contributed by atoms with van der Waals surface area (Å²) in [5.41, 5.74) is 1.74. The molecule has 0 unspecified atom stereocenters. The first-order chi connectivity index (χ1) is 13.1. The second kappa shape index (κ2) is 9.29. The Morgan fingerprint density at radius 2 is 1.70 bits per heavy atom. The molecule has 0 bridgehead atoms. The summed E-state index contributed by atoms with van der Waals surface area (Å²) in [4.78, 5) is 24.3. The van der Waals surface area contributed by atoms with E-state index in [1.54, 1.807) is 12.1 Å². The van der Waals surface area contributed by atoms with Crippen molar-refractivity contribution in [3.8, 4) is 0 Å². The number of hydrogen-bond donors (Lipinski definition) is 2. The van der Waals surface area contributed by atoms with Crippen LogP contribution < -0.4 is 10.6 Å². The van der Waals surface area contributed by atoms with Gasteiger partial charge < -0.3 is 10.6 Å². The van der Waals surface area contributed by atoms with Crippen LogP contribution in [0, 0.1) is 0 Å². The fourth-order valence-electron chi connectivity index (χ4n) is 2.30. The molecule has 1 heterocycles. The van der Waals surface area contributed by atoms with Crippen LogP contribution in [-0.4, -0.2) is 27.8 Å². The molecule has 0 aliphatic carbocycles. The molecule has 27 heavy (non-hydrogen) atoms. The Morgan fingerprint density at radius 1 is 1.04 bits per heavy atom. The second-order valence-electron chi connectivity index (χ2n) is 5.68. The normalized spacial score (nSPS) is 11.6. The van der Waals surface area contributed by atoms with E-state index in [2.05, 4.69) is 20.8 Å². The van der Waals surface area contributed by atoms with Gasteiger partial charge in [0, 0.05) is 5.69 Å². The highest BCUT2D eigenvalue weighted by Gasteiger charge is 2.15. The molecule has 1 aromatic heterocycles. The summed E-state index contributed by atoms with van der Waals surface area (Å²) < 4.78 is 0.579. The van der Waals surface area contributed by atoms with Gasteiger partial charge in [0.2, 0.25) is 10.9 Å². The molecule has 3 aromatic rings. The Bertz CT molecular complexity index is 900. The number of carbonyl (C=O) groups excluding carboxylic acids is 2. The minimum atomic E-state index is -0.312. The fourth-order valence-corrected chi connectivity index (χ4v) is 3.86. The van der Waals surface area contributed by atoms with Crippen molar-refractivity contribution in [2.45, 2.75) is 17.3 Å². The lowest BCUT2D eigenvalue weighted by Crippen LogP contribution is -2.28. The number of carbonyl (C=O) groups is 2. The van der Waals surface area contributed by atoms with Crippen LogP contribution in [0.15, 0.2) is 65.0 Å². The molecule has 1 atom stereocenters. The van der Waals surface area contributed by atoms with Crippen LogP contribution in [0.5, 0.6) is 0 Å². The van der Waals surface area contributed by atoms with Gasteiger partial charge in [-0.2, -0.15) is 0 Å². The van der Waals surface area contributed by atoms with Crippen LogP contribution in [-0.2, 0) is 4.79 Å². The first-order valence-electron chi connectivity index (χ1n) is 8.29. The molecule has 0 aliphatic heterocycles. The van der Waals surface area contributed by atoms with Crippen molar-refractivity contribution < 1.29 is 9.59 Å². The molecule has 8 heteroatoms. The maximum atomic E-state index is 12.2. The summed E-state index contributed by atoms with van der Waals surface area (Å²) in [6, 6.07) is 18.8. The summed E-state index contributed by atoms with van der Waals surface area (Å²) in [6.45, 7) is 1.94. The number of amides is 2. The van der Waals surface area contributed by atoms with E-state index in [4.69, 9.17) is 0 Å². The van der Waals surface area contributed by atoms with Gasteiger partial charge in [-0.05, 0) is 24.6 Å². The Kier molecular flexibility index (Phi) is 6.56. The van der Waals surface area contributed by atoms with Crippen LogP contribution in [0.25, 0.3) is 0 Å². The van der Waals surface area contributed by atoms with E-state index in [1.807, 2.05) is 55.5 Å². The third kappa shape index (κ3) is 5.63. The lowest BCUT2D eigenvalue weighted by Gasteiger charge is -2.13. The van der Waals surface area contributed by atoms with E-state index in [1.165, 1.54) is 23.1 Å². The van der Waals surface area contributed by atoms with Crippen molar-refractivity contribution in [1.82, 2.24) is 15.5 Å². The first-order valence-corrected chi connectivity index (χ1v) is 10.1. The van der Waals surface area contributed by atoms with Gasteiger partial charge in [-0.15, -0.1) is 10.2 Å². The monoisotopic (exact) mass is 398 g/mol. The Morgan fingerprint density at radius 3 is 2.41 bits per heavy atom. The number of anilines is 1. The number of nitrogens with one attached hydrogen (secondary N) is 2. The summed E-state index contributed by atoms with van der Waals surface area (Å²) in [6.07, 6.45) is 0. The number of nitrogens with zero attached hydrogens (tertiary/aromatic N) is 2. The SMILES string of the molecule is C[C@H](NC(=O)CSc1nnc(C(=O)Nc2ccccc2)s1)c1ccccc1. The van der Waals surface area contributed by atoms with Gasteiger partial charge >= 0.3 is 0 Å². The summed E-state index contributed by atoms with van der Waals surface area (Å²) >= 11 is 2.43. The van der Waals surface area contributed by atoms with E-state index in [0.29, 0.717) is 10.0 Å². The molecule has 0 fully saturated rings. The molecule has 0 saturated carbocycles. The van der Waals surface area contributed by atoms with E-state index >= 15 is 0 Å². The zero-order valence-electron chi connectivity index (χ0n) is 14.6. The number of rotatable bonds is 7. The molecule has 2 aromatic carbocycles. The topological polar surface area (TPSA) is 84.0 Å². The van der Waals surface area contributed by atoms with Crippen LogP contribution in [0.2, 0.25) is 0 Å². The molecule has 0 aliphatic rings. The minimum absolute atomic E-state index is 0.0686. The van der Waals surface area contributed by atoms with Crippen molar-refractivity contribution in [2.75, 3.05) is 11.1 Å². The molecular weight excluding hydrogens is 380 g/mol. The summed E-state index contributed by atoms with van der Waals surface area (Å²) in [5, 5.41) is 13.9. The smallest absolute Gasteiger partial charge is 0.286 e. The Balaban J connectivity index is 1.49. The van der Waals surface area contributed by atoms with E-state index in [0.717, 1.165) is 5.56 Å². The third-order valence-corrected chi connectivity index (χ3v) is 5.69. The number of benzene rings is 2. The van der Waals surface area contributed by atoms with Gasteiger partial charge in [-0.3, -0.25) is 9.59 Å². The van der Waals surface area contributed by atoms with Crippen LogP contribution in [0.1, 0.15) is 28.3 Å². The lowest BCUT2D eigenvalue weighted by molar-refractivity contribution is -0.119. The van der Waals surface area contributed by atoms with Crippen LogP contribution >= 0.6 is 23.1 Å². The van der Waals surface area contributed by atoms with E-state index in [9.17, 15) is 9.59 Å². The first kappa shape index (κ1) is 19.1. The number of hydrogen-bond acceptors (Lipinski definition) is 6. The number of thioether (sulfide) groups is 1. The molecule has 3 rings (SSSR count). The Hall–Kier alpha value is -2.71. The van der Waals surface area contributed by atoms with Gasteiger partial charge in [0.05, 0.1) is 11.8 Å². The predicted octanol–water partition coefficient (Wildman–Crippen LogP) is 3.76. The average Bonchev–Trinajstić information content (AvgIpc) is 3.17. The van der Waals surface area contributed by atoms with Gasteiger partial charge in [-0.25, -0.2) is 0 Å². The summed E-state index contributed by atoms with van der Waals surface area (Å²) in [5.74, 6) is -0.193. The molecule has 0 radical (unpaired) electrons. The van der Waals surface area contributed by atoms with Gasteiger partial charge in [-0.1, -0.05) is 71.6 Å². The molecule has 2 N–H and O–H groups in total. The highest BCUT2D eigenvalue weighted by molar-refractivity contribution is 8.01. The summed E-state index contributed by atoms with van der Waals surface area (Å²) in [7, 11) is 0. The zero-order valence-corrected chi connectivity index (χ0v) is 16.2. The maximum Gasteiger partial charge on any atom is 0.286 e.